The largest absolute Gasteiger partial charge is 0.497 e. The van der Waals surface area contributed by atoms with Crippen molar-refractivity contribution in [2.45, 2.75) is 88.7 Å². The fourth-order valence-corrected chi connectivity index (χ4v) is 7.31. The van der Waals surface area contributed by atoms with Gasteiger partial charge in [0.15, 0.2) is 6.29 Å². The van der Waals surface area contributed by atoms with Crippen molar-refractivity contribution in [1.29, 1.82) is 0 Å². The normalized spacial score (nSPS) is 26.9. The summed E-state index contributed by atoms with van der Waals surface area (Å²) >= 11 is 0. The predicted octanol–water partition coefficient (Wildman–Crippen LogP) is 6.87. The summed E-state index contributed by atoms with van der Waals surface area (Å²) < 4.78 is 57.5. The van der Waals surface area contributed by atoms with E-state index in [9.17, 15) is 10.2 Å². The van der Waals surface area contributed by atoms with E-state index in [1.54, 1.807) is 7.11 Å². The lowest BCUT2D eigenvalue weighted by molar-refractivity contribution is -0.356. The summed E-state index contributed by atoms with van der Waals surface area (Å²) in [5.41, 5.74) is 3.84. The van der Waals surface area contributed by atoms with Crippen molar-refractivity contribution in [2.24, 2.45) is 5.92 Å². The van der Waals surface area contributed by atoms with Crippen LogP contribution < -0.4 is 9.47 Å². The van der Waals surface area contributed by atoms with Gasteiger partial charge in [-0.2, -0.15) is 0 Å². The van der Waals surface area contributed by atoms with Crippen molar-refractivity contribution in [1.82, 2.24) is 0 Å². The summed E-state index contributed by atoms with van der Waals surface area (Å²) in [6, 6.07) is 46.4. The molecule has 0 radical (unpaired) electrons. The van der Waals surface area contributed by atoms with E-state index < -0.39 is 55.3 Å². The van der Waals surface area contributed by atoms with Gasteiger partial charge in [0.1, 0.15) is 48.1 Å². The van der Waals surface area contributed by atoms with Gasteiger partial charge in [-0.1, -0.05) is 128 Å². The van der Waals surface area contributed by atoms with Crippen LogP contribution in [0, 0.1) is 5.92 Å². The molecule has 0 bridgehead atoms. The zero-order valence-corrected chi connectivity index (χ0v) is 33.4. The highest BCUT2D eigenvalue weighted by Crippen LogP contribution is 2.36. The molecule has 2 fully saturated rings. The van der Waals surface area contributed by atoms with Gasteiger partial charge in [-0.25, -0.2) is 0 Å². The monoisotopic (exact) mass is 806 g/mol. The fraction of sp³-hybridized carbons (Fsp3) is 0.375. The number of methoxy groups -OCH3 is 1. The fourth-order valence-electron chi connectivity index (χ4n) is 7.31. The Hall–Kier alpha value is -4.66. The average Bonchev–Trinajstić information content (AvgIpc) is 3.28. The minimum Gasteiger partial charge on any atom is -0.497 e. The van der Waals surface area contributed by atoms with Crippen LogP contribution in [-0.4, -0.2) is 85.8 Å². The van der Waals surface area contributed by atoms with Gasteiger partial charge in [0.25, 0.3) is 0 Å². The maximum atomic E-state index is 11.7. The van der Waals surface area contributed by atoms with E-state index >= 15 is 0 Å². The number of aliphatic hydroxyl groups is 2. The maximum absolute atomic E-state index is 11.7. The second-order valence-electron chi connectivity index (χ2n) is 14.8. The minimum absolute atomic E-state index is 0.000686. The third-order valence-corrected chi connectivity index (χ3v) is 10.6. The topological polar surface area (TPSA) is 124 Å². The molecule has 11 heteroatoms. The van der Waals surface area contributed by atoms with Crippen LogP contribution in [0.15, 0.2) is 146 Å². The number of hydrogen-bond acceptors (Lipinski definition) is 11. The van der Waals surface area contributed by atoms with Crippen molar-refractivity contribution in [3.05, 3.63) is 168 Å². The van der Waals surface area contributed by atoms with Gasteiger partial charge in [0.2, 0.25) is 6.29 Å². The lowest BCUT2D eigenvalue weighted by Crippen LogP contribution is -2.64. The Morgan fingerprint density at radius 3 is 1.42 bits per heavy atom. The van der Waals surface area contributed by atoms with Crippen molar-refractivity contribution in [3.63, 3.8) is 0 Å². The highest BCUT2D eigenvalue weighted by atomic mass is 16.7. The Morgan fingerprint density at radius 1 is 0.475 bits per heavy atom. The molecule has 5 aromatic rings. The van der Waals surface area contributed by atoms with Gasteiger partial charge in [-0.15, -0.1) is 0 Å². The first-order valence-corrected chi connectivity index (χ1v) is 20.1. The van der Waals surface area contributed by atoms with Gasteiger partial charge in [-0.3, -0.25) is 0 Å². The molecule has 312 valence electrons. The van der Waals surface area contributed by atoms with E-state index in [4.69, 9.17) is 42.6 Å². The van der Waals surface area contributed by atoms with Crippen molar-refractivity contribution >= 4 is 0 Å². The molecule has 11 nitrogen and oxygen atoms in total. The van der Waals surface area contributed by atoms with Crippen LogP contribution in [0.1, 0.15) is 29.2 Å². The van der Waals surface area contributed by atoms with Gasteiger partial charge in [-0.05, 0) is 46.5 Å². The first-order valence-electron chi connectivity index (χ1n) is 20.1. The Balaban J connectivity index is 1.16. The van der Waals surface area contributed by atoms with Crippen molar-refractivity contribution < 1.29 is 52.8 Å². The van der Waals surface area contributed by atoms with Gasteiger partial charge >= 0.3 is 0 Å². The number of aliphatic hydroxyl groups excluding tert-OH is 2. The number of hydrogen-bond donors (Lipinski definition) is 2. The second kappa shape index (κ2) is 21.6. The van der Waals surface area contributed by atoms with E-state index in [0.29, 0.717) is 24.7 Å². The minimum atomic E-state index is -1.37. The van der Waals surface area contributed by atoms with Crippen molar-refractivity contribution in [3.8, 4) is 11.5 Å². The highest BCUT2D eigenvalue weighted by Gasteiger charge is 2.52. The van der Waals surface area contributed by atoms with Crippen LogP contribution in [0.25, 0.3) is 0 Å². The lowest BCUT2D eigenvalue weighted by Gasteiger charge is -2.48. The van der Waals surface area contributed by atoms with E-state index in [0.717, 1.165) is 22.3 Å². The average molecular weight is 807 g/mol. The van der Waals surface area contributed by atoms with Crippen LogP contribution in [0.5, 0.6) is 11.5 Å². The Morgan fingerprint density at radius 2 is 0.915 bits per heavy atom. The molecule has 0 saturated carbocycles. The highest BCUT2D eigenvalue weighted by molar-refractivity contribution is 5.31. The molecule has 4 unspecified atom stereocenters. The SMILES string of the molecule is COc1ccc(O[C@@H]2O[C@@H](COCc3ccccc3)[C@@H](O[C@@H]3OC(COCc4ccccc4)[C@H](O)[C@H](O)C3OCc3ccccc3)C(C)C2OCc2ccccc2)cc1. The van der Waals surface area contributed by atoms with Crippen LogP contribution >= 0.6 is 0 Å². The molecule has 7 rings (SSSR count). The Kier molecular flexibility index (Phi) is 15.5. The molecular formula is C48H54O11. The summed E-state index contributed by atoms with van der Waals surface area (Å²) in [6.07, 6.45) is -8.76. The Labute approximate surface area is 346 Å². The van der Waals surface area contributed by atoms with E-state index in [2.05, 4.69) is 0 Å². The van der Waals surface area contributed by atoms with E-state index in [1.807, 2.05) is 153 Å². The summed E-state index contributed by atoms with van der Waals surface area (Å²) in [7, 11) is 1.61. The molecule has 0 spiro atoms. The summed E-state index contributed by atoms with van der Waals surface area (Å²) in [6.45, 7) is 3.23. The zero-order valence-electron chi connectivity index (χ0n) is 33.4. The molecule has 2 aliphatic rings. The molecule has 2 heterocycles. The van der Waals surface area contributed by atoms with E-state index in [-0.39, 0.29) is 32.3 Å². The molecule has 0 amide bonds. The van der Waals surface area contributed by atoms with Crippen LogP contribution in [0.4, 0.5) is 0 Å². The van der Waals surface area contributed by atoms with Crippen LogP contribution in [0.2, 0.25) is 0 Å². The first kappa shape index (κ1) is 42.5. The van der Waals surface area contributed by atoms with Gasteiger partial charge in [0.05, 0.1) is 52.9 Å². The standard InChI is InChI=1S/C48H54O11/c1-33-44(59-48-46(55-30-37-21-13-6-14-22-37)43(50)42(49)40(57-48)31-52-27-34-15-7-3-8-16-34)41(32-53-28-35-17-9-4-10-18-35)58-47(56-39-25-23-38(51-2)24-26-39)45(33)54-29-36-19-11-5-12-20-36/h3-26,33,40-50H,27-32H2,1-2H3/t33?,40?,41-,42-,43-,44-,45?,46?,47+,48-/m0/s1. The summed E-state index contributed by atoms with van der Waals surface area (Å²) in [5, 5.41) is 23.1. The summed E-state index contributed by atoms with van der Waals surface area (Å²) in [4.78, 5) is 0. The maximum Gasteiger partial charge on any atom is 0.227 e. The van der Waals surface area contributed by atoms with Crippen LogP contribution in [0.3, 0.4) is 0 Å². The molecule has 2 N–H and O–H groups in total. The van der Waals surface area contributed by atoms with Gasteiger partial charge in [0, 0.05) is 5.92 Å². The molecular weight excluding hydrogens is 753 g/mol. The van der Waals surface area contributed by atoms with Crippen molar-refractivity contribution in [2.75, 3.05) is 20.3 Å². The van der Waals surface area contributed by atoms with E-state index in [1.165, 1.54) is 0 Å². The molecule has 10 atom stereocenters. The molecule has 2 saturated heterocycles. The smallest absolute Gasteiger partial charge is 0.227 e. The Bertz CT molecular complexity index is 1920. The molecule has 5 aromatic carbocycles. The quantitative estimate of drug-likeness (QED) is 0.0909. The third-order valence-electron chi connectivity index (χ3n) is 10.6. The van der Waals surface area contributed by atoms with Crippen LogP contribution in [-0.2, 0) is 59.6 Å². The number of rotatable bonds is 19. The molecule has 59 heavy (non-hydrogen) atoms. The molecule has 0 aliphatic carbocycles. The number of benzene rings is 5. The predicted molar refractivity (Wildman–Crippen MR) is 219 cm³/mol. The van der Waals surface area contributed by atoms with Gasteiger partial charge < -0.3 is 52.8 Å². The third kappa shape index (κ3) is 11.8. The number of ether oxygens (including phenoxy) is 9. The zero-order chi connectivity index (χ0) is 40.8. The molecule has 2 aliphatic heterocycles. The first-order chi connectivity index (χ1) is 28.9. The molecule has 0 aromatic heterocycles. The second-order valence-corrected chi connectivity index (χ2v) is 14.8. The summed E-state index contributed by atoms with van der Waals surface area (Å²) in [5.74, 6) is 0.886. The lowest BCUT2D eigenvalue weighted by atomic mass is 9.89.